The Balaban J connectivity index is 0.777. The molecule has 32 nitrogen and oxygen atoms in total. The molecule has 6 amide bonds. The molecule has 8 aromatic carbocycles. The molecule has 0 saturated heterocycles. The molecular weight excluding hydrogens is 1730 g/mol. The lowest BCUT2D eigenvalue weighted by Gasteiger charge is -2.41. The maximum absolute atomic E-state index is 16.6. The maximum Gasteiger partial charge on any atom is 0.410 e. The van der Waals surface area contributed by atoms with E-state index in [1.807, 2.05) is 24.3 Å². The fraction of sp³-hybridized carbons (Fsp3) is 0.471. The highest BCUT2D eigenvalue weighted by Gasteiger charge is 2.64. The van der Waals surface area contributed by atoms with E-state index in [0.717, 1.165) is 0 Å². The molecule has 0 saturated carbocycles. The monoisotopic (exact) mass is 1850 g/mol. The third-order valence-corrected chi connectivity index (χ3v) is 24.5. The molecule has 0 atom stereocenters. The topological polar surface area (TPSA) is 318 Å². The Hall–Kier alpha value is -12.1. The molecule has 0 unspecified atom stereocenters. The summed E-state index contributed by atoms with van der Waals surface area (Å²) in [5, 5.41) is 0. The third kappa shape index (κ3) is 20.7. The molecule has 32 heteroatoms. The number of imide groups is 2. The minimum atomic E-state index is -1.69. The maximum atomic E-state index is 16.6. The first-order valence-corrected chi connectivity index (χ1v) is 45.2. The minimum absolute atomic E-state index is 0.00473. The number of anilines is 2. The van der Waals surface area contributed by atoms with Gasteiger partial charge in [-0.2, -0.15) is 0 Å². The average Bonchev–Trinajstić information content (AvgIpc) is 1.49. The molecule has 0 fully saturated rings. The first-order chi connectivity index (χ1) is 64.5. The van der Waals surface area contributed by atoms with Crippen LogP contribution in [0.5, 0.6) is 69.0 Å². The van der Waals surface area contributed by atoms with Crippen molar-refractivity contribution < 1.29 is 133 Å². The summed E-state index contributed by atoms with van der Waals surface area (Å²) in [5.41, 5.74) is -1.57. The molecule has 0 aromatic heterocycles. The van der Waals surface area contributed by atoms with Gasteiger partial charge >= 0.3 is 12.2 Å². The van der Waals surface area contributed by atoms with Gasteiger partial charge in [0.25, 0.3) is 0 Å². The van der Waals surface area contributed by atoms with E-state index in [-0.39, 0.29) is 242 Å². The van der Waals surface area contributed by atoms with Crippen LogP contribution in [0.25, 0.3) is 0 Å². The van der Waals surface area contributed by atoms with Gasteiger partial charge in [0.1, 0.15) is 87.1 Å². The summed E-state index contributed by atoms with van der Waals surface area (Å²) < 4.78 is 137. The molecule has 2 aliphatic carbocycles. The molecule has 8 aliphatic rings. The van der Waals surface area contributed by atoms with Crippen LogP contribution < -0.4 is 66.6 Å². The van der Waals surface area contributed by atoms with Crippen molar-refractivity contribution in [2.45, 2.75) is 128 Å². The third-order valence-electron chi connectivity index (χ3n) is 24.5. The van der Waals surface area contributed by atoms with E-state index >= 15 is 19.2 Å². The number of methoxy groups -OCH3 is 4. The Labute approximate surface area is 780 Å². The van der Waals surface area contributed by atoms with Crippen LogP contribution in [0.4, 0.5) is 21.0 Å². The highest BCUT2D eigenvalue weighted by Crippen LogP contribution is 2.61. The number of hydrogen-bond acceptors (Lipinski definition) is 28. The van der Waals surface area contributed by atoms with Crippen LogP contribution in [0.2, 0.25) is 0 Å². The summed E-state index contributed by atoms with van der Waals surface area (Å²) in [7, 11) is 6.21. The summed E-state index contributed by atoms with van der Waals surface area (Å²) in [5.74, 6) is 1.79. The molecule has 134 heavy (non-hydrogen) atoms. The lowest BCUT2D eigenvalue weighted by molar-refractivity contribution is -0.130. The average molecular weight is 1850 g/mol. The van der Waals surface area contributed by atoms with Gasteiger partial charge < -0.3 is 104 Å². The van der Waals surface area contributed by atoms with Crippen molar-refractivity contribution in [1.29, 1.82) is 0 Å². The SMILES string of the molecule is COc1cc(CN(Cc2ccc(N3C(=O)C4(C)c5cc6c7cc5C(C)(C3=O)c3cc5c(cc34)OCCOCCOCCOc3cc4c(cc3OCCOCCOCCO5)C3(C)C(=O)N(c5ccc(CN(Cc8cc(OC)cc(OC)c8)C(=O)OC(C)(C)C)cc5)C(=O)C4(C)c4cc(c(cc43)OCCOCCOCCO7)OCCOCCOCCO6)cc2)C(=O)OC(C)(C)C)cc(OC)c1. The fourth-order valence-corrected chi connectivity index (χ4v) is 17.8. The predicted octanol–water partition coefficient (Wildman–Crippen LogP) is 13.5. The molecule has 0 N–H and O–H groups in total. The second-order valence-corrected chi connectivity index (χ2v) is 35.9. The predicted molar refractivity (Wildman–Crippen MR) is 490 cm³/mol. The Morgan fingerprint density at radius 3 is 0.634 bits per heavy atom. The number of benzene rings is 8. The first-order valence-electron chi connectivity index (χ1n) is 45.2. The van der Waals surface area contributed by atoms with E-state index in [4.69, 9.17) is 104 Å². The highest BCUT2D eigenvalue weighted by molar-refractivity contribution is 6.27. The fourth-order valence-electron chi connectivity index (χ4n) is 17.8. The van der Waals surface area contributed by atoms with Crippen molar-refractivity contribution in [3.63, 3.8) is 0 Å². The van der Waals surface area contributed by atoms with E-state index in [1.165, 1.54) is 9.80 Å². The second-order valence-electron chi connectivity index (χ2n) is 35.9. The van der Waals surface area contributed by atoms with Crippen LogP contribution in [0, 0.1) is 0 Å². The van der Waals surface area contributed by atoms with Gasteiger partial charge in [0, 0.05) is 38.3 Å². The number of rotatable bonds is 14. The van der Waals surface area contributed by atoms with Crippen molar-refractivity contribution >= 4 is 47.2 Å². The Morgan fingerprint density at radius 2 is 0.455 bits per heavy atom. The number of amides is 6. The number of carbonyl (C=O) groups is 6. The lowest BCUT2D eigenvalue weighted by Crippen LogP contribution is -2.47. The molecule has 16 rings (SSSR count). The number of fused-ring (bicyclic) bond motifs is 8. The van der Waals surface area contributed by atoms with E-state index in [9.17, 15) is 9.59 Å². The van der Waals surface area contributed by atoms with Gasteiger partial charge in [-0.3, -0.25) is 29.0 Å². The van der Waals surface area contributed by atoms with Crippen molar-refractivity contribution in [3.05, 3.63) is 200 Å². The van der Waals surface area contributed by atoms with Gasteiger partial charge in [-0.05, 0) is 233 Å². The minimum Gasteiger partial charge on any atom is -0.497 e. The summed E-state index contributed by atoms with van der Waals surface area (Å²) in [4.78, 5) is 100. The van der Waals surface area contributed by atoms with Crippen LogP contribution in [0.3, 0.4) is 0 Å². The Morgan fingerprint density at radius 1 is 0.276 bits per heavy atom. The molecule has 0 radical (unpaired) electrons. The molecule has 716 valence electrons. The molecule has 4 bridgehead atoms. The van der Waals surface area contributed by atoms with Crippen molar-refractivity contribution in [1.82, 2.24) is 9.80 Å². The van der Waals surface area contributed by atoms with Gasteiger partial charge in [-0.1, -0.05) is 24.3 Å². The van der Waals surface area contributed by atoms with Crippen molar-refractivity contribution in [3.8, 4) is 69.0 Å². The van der Waals surface area contributed by atoms with Crippen LogP contribution in [0.15, 0.2) is 133 Å². The molecule has 6 aliphatic heterocycles. The standard InChI is InChI=1S/C102H120N4O28/c1-97(2,3)133-95(111)103(63-67-47-71(113-11)51-72(48-67)114-12)61-65-15-19-69(20-16-65)105-91(107)99(7)75-53-83-85-55-77(75)100(8,92(105)108)78-56-86-84(54-76(78)99)126-40-32-118-24-28-122-36-44-130-88-58-80-82(60-90(88)132-46-38-124-30-26-120-34-42-128-86)102(10)81-59-89(131-45-37-123-29-25-119-33-41-127-85)87(129-43-35-121-27-23-117-31-39-125-83)57-79(81)101(80,9)93(109)106(94(102)110)70-21-17-66(18-22-70)62-104(96(112)134-98(4,5)6)64-68-49-73(115-13)52-74(50-68)116-14/h15-22,47-60H,23-46,61-64H2,1-14H3. The molecule has 8 aromatic rings. The highest BCUT2D eigenvalue weighted by atomic mass is 16.6. The summed E-state index contributed by atoms with van der Waals surface area (Å²) in [6.45, 7) is 19.9. The number of nitrogens with zero attached hydrogens (tertiary/aromatic N) is 4. The van der Waals surface area contributed by atoms with E-state index in [2.05, 4.69) is 0 Å². The zero-order valence-electron chi connectivity index (χ0n) is 78.7. The Bertz CT molecular complexity index is 4830. The number of carbonyl (C=O) groups excluding carboxylic acids is 6. The van der Waals surface area contributed by atoms with Gasteiger partial charge in [-0.15, -0.1) is 0 Å². The van der Waals surface area contributed by atoms with Gasteiger partial charge in [0.15, 0.2) is 46.0 Å². The lowest BCUT2D eigenvalue weighted by atomic mass is 9.59. The molecular formula is C102H120N4O28. The molecule has 6 heterocycles. The number of hydrogen-bond donors (Lipinski definition) is 0. The van der Waals surface area contributed by atoms with Crippen LogP contribution in [0.1, 0.15) is 136 Å². The van der Waals surface area contributed by atoms with Gasteiger partial charge in [0.2, 0.25) is 23.6 Å². The van der Waals surface area contributed by atoms with Crippen LogP contribution in [-0.4, -0.2) is 244 Å². The summed E-state index contributed by atoms with van der Waals surface area (Å²) >= 11 is 0. The largest absolute Gasteiger partial charge is 0.497 e. The summed E-state index contributed by atoms with van der Waals surface area (Å²) in [6.07, 6.45) is -1.16. The number of ether oxygens (including phenoxy) is 22. The quantitative estimate of drug-likeness (QED) is 0.0913. The van der Waals surface area contributed by atoms with Crippen molar-refractivity contribution in [2.75, 3.05) is 197 Å². The Kier molecular flexibility index (Phi) is 30.1. The van der Waals surface area contributed by atoms with Crippen LogP contribution in [-0.2, 0) is 114 Å². The van der Waals surface area contributed by atoms with Crippen molar-refractivity contribution in [2.24, 2.45) is 0 Å². The van der Waals surface area contributed by atoms with Gasteiger partial charge in [-0.25, -0.2) is 19.4 Å². The normalized spacial score (nSPS) is 21.2. The van der Waals surface area contributed by atoms with E-state index in [1.54, 1.807) is 217 Å². The van der Waals surface area contributed by atoms with Crippen LogP contribution >= 0.6 is 0 Å². The van der Waals surface area contributed by atoms with Gasteiger partial charge in [0.05, 0.1) is 167 Å². The van der Waals surface area contributed by atoms with E-state index < -0.39 is 68.7 Å². The second kappa shape index (κ2) is 41.8. The van der Waals surface area contributed by atoms with E-state index in [0.29, 0.717) is 89.8 Å². The first kappa shape index (κ1) is 96.4. The smallest absolute Gasteiger partial charge is 0.410 e. The molecule has 0 spiro atoms. The zero-order valence-corrected chi connectivity index (χ0v) is 78.7. The summed E-state index contributed by atoms with van der Waals surface area (Å²) in [6, 6.07) is 38.8. The zero-order chi connectivity index (χ0) is 94.7.